The molecule has 2 aromatic heterocycles. The Hall–Kier alpha value is -1.54. The number of thiazole rings is 1. The van der Waals surface area contributed by atoms with E-state index in [4.69, 9.17) is 4.74 Å². The minimum absolute atomic E-state index is 0.152. The van der Waals surface area contributed by atoms with E-state index < -0.39 is 0 Å². The van der Waals surface area contributed by atoms with Crippen LogP contribution in [0.5, 0.6) is 0 Å². The van der Waals surface area contributed by atoms with Gasteiger partial charge in [-0.15, -0.1) is 22.7 Å². The molecule has 1 aliphatic rings. The van der Waals surface area contributed by atoms with Crippen LogP contribution in [0.15, 0.2) is 29.0 Å². The monoisotopic (exact) mass is 335 g/mol. The van der Waals surface area contributed by atoms with E-state index in [1.807, 2.05) is 29.0 Å². The van der Waals surface area contributed by atoms with Crippen LogP contribution in [0.2, 0.25) is 0 Å². The van der Waals surface area contributed by atoms with Gasteiger partial charge in [0.1, 0.15) is 0 Å². The van der Waals surface area contributed by atoms with Gasteiger partial charge < -0.3 is 4.74 Å². The van der Waals surface area contributed by atoms with E-state index in [-0.39, 0.29) is 5.91 Å². The van der Waals surface area contributed by atoms with Gasteiger partial charge in [-0.05, 0) is 17.5 Å². The van der Waals surface area contributed by atoms with E-state index in [0.29, 0.717) is 5.13 Å². The number of nitrogens with zero attached hydrogens (tertiary/aromatic N) is 2. The zero-order chi connectivity index (χ0) is 15.2. The van der Waals surface area contributed by atoms with Crippen molar-refractivity contribution in [2.45, 2.75) is 6.54 Å². The summed E-state index contributed by atoms with van der Waals surface area (Å²) in [6, 6.07) is 3.93. The molecule has 0 atom stereocenters. The molecule has 3 heterocycles. The van der Waals surface area contributed by atoms with Crippen molar-refractivity contribution in [3.05, 3.63) is 39.5 Å². The summed E-state index contributed by atoms with van der Waals surface area (Å²) in [5.74, 6) is -0.152. The summed E-state index contributed by atoms with van der Waals surface area (Å²) in [5, 5.41) is 7.42. The normalized spacial score (nSPS) is 16.2. The van der Waals surface area contributed by atoms with Crippen LogP contribution in [0.3, 0.4) is 0 Å². The van der Waals surface area contributed by atoms with E-state index in [9.17, 15) is 4.79 Å². The van der Waals surface area contributed by atoms with E-state index in [1.165, 1.54) is 17.4 Å². The van der Waals surface area contributed by atoms with Gasteiger partial charge in [-0.3, -0.25) is 15.0 Å². The number of hydrogen-bond acceptors (Lipinski definition) is 6. The maximum atomic E-state index is 11.9. The van der Waals surface area contributed by atoms with Crippen molar-refractivity contribution in [2.75, 3.05) is 31.6 Å². The molecule has 1 saturated heterocycles. The Kier molecular flexibility index (Phi) is 5.33. The van der Waals surface area contributed by atoms with Gasteiger partial charge in [-0.1, -0.05) is 6.07 Å². The van der Waals surface area contributed by atoms with Crippen LogP contribution >= 0.6 is 22.7 Å². The summed E-state index contributed by atoms with van der Waals surface area (Å²) in [6.07, 6.45) is 3.34. The molecule has 1 aliphatic heterocycles. The largest absolute Gasteiger partial charge is 0.379 e. The first-order chi connectivity index (χ1) is 10.8. The van der Waals surface area contributed by atoms with Crippen molar-refractivity contribution < 1.29 is 9.53 Å². The van der Waals surface area contributed by atoms with Crippen molar-refractivity contribution in [3.8, 4) is 0 Å². The van der Waals surface area contributed by atoms with Crippen molar-refractivity contribution in [2.24, 2.45) is 0 Å². The van der Waals surface area contributed by atoms with Gasteiger partial charge in [-0.2, -0.15) is 0 Å². The van der Waals surface area contributed by atoms with Crippen molar-refractivity contribution in [1.82, 2.24) is 9.88 Å². The Morgan fingerprint density at radius 2 is 2.27 bits per heavy atom. The van der Waals surface area contributed by atoms with Crippen molar-refractivity contribution >= 4 is 39.8 Å². The van der Waals surface area contributed by atoms with Gasteiger partial charge in [0.15, 0.2) is 5.13 Å². The Morgan fingerprint density at radius 3 is 3.05 bits per heavy atom. The van der Waals surface area contributed by atoms with E-state index >= 15 is 0 Å². The van der Waals surface area contributed by atoms with Crippen LogP contribution in [0.1, 0.15) is 10.6 Å². The molecule has 0 aliphatic carbocycles. The molecular formula is C15H17N3O2S2. The van der Waals surface area contributed by atoms with Gasteiger partial charge in [0.2, 0.25) is 5.91 Å². The topological polar surface area (TPSA) is 54.5 Å². The highest BCUT2D eigenvalue weighted by Gasteiger charge is 2.13. The number of thiophene rings is 1. The summed E-state index contributed by atoms with van der Waals surface area (Å²) in [5.41, 5.74) is 0.990. The average molecular weight is 335 g/mol. The number of aromatic nitrogens is 1. The zero-order valence-electron chi connectivity index (χ0n) is 12.0. The Morgan fingerprint density at radius 1 is 1.41 bits per heavy atom. The molecule has 7 heteroatoms. The molecule has 0 radical (unpaired) electrons. The number of rotatable bonds is 5. The molecule has 5 nitrogen and oxygen atoms in total. The third-order valence-electron chi connectivity index (χ3n) is 3.21. The lowest BCUT2D eigenvalue weighted by atomic mass is 10.4. The number of ether oxygens (including phenoxy) is 1. The highest BCUT2D eigenvalue weighted by Crippen LogP contribution is 2.17. The Bertz CT molecular complexity index is 631. The van der Waals surface area contributed by atoms with Crippen LogP contribution < -0.4 is 5.32 Å². The molecule has 0 aromatic carbocycles. The highest BCUT2D eigenvalue weighted by molar-refractivity contribution is 7.14. The zero-order valence-corrected chi connectivity index (χ0v) is 13.7. The molecule has 1 amide bonds. The molecule has 0 saturated carbocycles. The highest BCUT2D eigenvalue weighted by atomic mass is 32.1. The second kappa shape index (κ2) is 7.64. The molecule has 22 heavy (non-hydrogen) atoms. The number of hydrogen-bond donors (Lipinski definition) is 1. The predicted molar refractivity (Wildman–Crippen MR) is 90.2 cm³/mol. The fourth-order valence-electron chi connectivity index (χ4n) is 2.12. The SMILES string of the molecule is O=C(/C=C\c1cccs1)Nc1nc(CN2CCOCC2)cs1. The second-order valence-corrected chi connectivity index (χ2v) is 6.71. The lowest BCUT2D eigenvalue weighted by Crippen LogP contribution is -2.35. The lowest BCUT2D eigenvalue weighted by molar-refractivity contribution is -0.111. The Balaban J connectivity index is 1.51. The van der Waals surface area contributed by atoms with Crippen molar-refractivity contribution in [3.63, 3.8) is 0 Å². The number of carbonyl (C=O) groups excluding carboxylic acids is 1. The average Bonchev–Trinajstić information content (AvgIpc) is 3.18. The summed E-state index contributed by atoms with van der Waals surface area (Å²) in [6.45, 7) is 4.23. The minimum atomic E-state index is -0.152. The number of nitrogens with one attached hydrogen (secondary N) is 1. The third-order valence-corrected chi connectivity index (χ3v) is 4.86. The van der Waals surface area contributed by atoms with Crippen molar-refractivity contribution in [1.29, 1.82) is 0 Å². The maximum absolute atomic E-state index is 11.9. The number of carbonyl (C=O) groups is 1. The van der Waals surface area contributed by atoms with Gasteiger partial charge in [0.25, 0.3) is 0 Å². The molecule has 0 unspecified atom stereocenters. The van der Waals surface area contributed by atoms with Gasteiger partial charge >= 0.3 is 0 Å². The van der Waals surface area contributed by atoms with Crippen LogP contribution in [-0.2, 0) is 16.1 Å². The smallest absolute Gasteiger partial charge is 0.250 e. The van der Waals surface area contributed by atoms with Crippen LogP contribution in [0.4, 0.5) is 5.13 Å². The van der Waals surface area contributed by atoms with Gasteiger partial charge in [0, 0.05) is 36.0 Å². The van der Waals surface area contributed by atoms with Crippen LogP contribution in [-0.4, -0.2) is 42.1 Å². The molecule has 0 bridgehead atoms. The van der Waals surface area contributed by atoms with E-state index in [0.717, 1.165) is 43.4 Å². The molecule has 0 spiro atoms. The summed E-state index contributed by atoms with van der Waals surface area (Å²) in [7, 11) is 0. The summed E-state index contributed by atoms with van der Waals surface area (Å²) in [4.78, 5) is 19.7. The minimum Gasteiger partial charge on any atom is -0.379 e. The lowest BCUT2D eigenvalue weighted by Gasteiger charge is -2.25. The number of anilines is 1. The predicted octanol–water partition coefficient (Wildman–Crippen LogP) is 2.69. The quantitative estimate of drug-likeness (QED) is 0.854. The fraction of sp³-hybridized carbons (Fsp3) is 0.333. The molecular weight excluding hydrogens is 318 g/mol. The number of morpholine rings is 1. The van der Waals surface area contributed by atoms with Gasteiger partial charge in [-0.25, -0.2) is 4.98 Å². The molecule has 1 fully saturated rings. The first-order valence-corrected chi connectivity index (χ1v) is 8.82. The summed E-state index contributed by atoms with van der Waals surface area (Å²) >= 11 is 3.06. The molecule has 2 aromatic rings. The first kappa shape index (κ1) is 15.4. The fourth-order valence-corrected chi connectivity index (χ4v) is 3.44. The first-order valence-electron chi connectivity index (χ1n) is 7.07. The van der Waals surface area contributed by atoms with Gasteiger partial charge in [0.05, 0.1) is 18.9 Å². The second-order valence-electron chi connectivity index (χ2n) is 4.87. The standard InChI is InChI=1S/C15H17N3O2S2/c19-14(4-3-13-2-1-9-21-13)17-15-16-12(11-22-15)10-18-5-7-20-8-6-18/h1-4,9,11H,5-8,10H2,(H,16,17,19)/b4-3-. The molecule has 116 valence electrons. The Labute approximate surface area is 137 Å². The van der Waals surface area contributed by atoms with Crippen LogP contribution in [0.25, 0.3) is 6.08 Å². The van der Waals surface area contributed by atoms with Crippen LogP contribution in [0, 0.1) is 0 Å². The molecule has 1 N–H and O–H groups in total. The third kappa shape index (κ3) is 4.48. The molecule has 3 rings (SSSR count). The maximum Gasteiger partial charge on any atom is 0.250 e. The number of amides is 1. The summed E-state index contributed by atoms with van der Waals surface area (Å²) < 4.78 is 5.33. The van der Waals surface area contributed by atoms with E-state index in [2.05, 4.69) is 15.2 Å². The van der Waals surface area contributed by atoms with E-state index in [1.54, 1.807) is 11.3 Å².